The molecule has 0 atom stereocenters. The van der Waals surface area contributed by atoms with Crippen molar-refractivity contribution in [2.75, 3.05) is 0 Å². The third-order valence-corrected chi connectivity index (χ3v) is 3.10. The topological polar surface area (TPSA) is 88.0 Å². The number of aromatic nitrogens is 5. The fraction of sp³-hybridized carbons (Fsp3) is 0.231. The number of amides is 1. The number of H-pyrrole nitrogens is 1. The molecule has 3 aromatic heterocycles. The van der Waals surface area contributed by atoms with Crippen molar-refractivity contribution in [2.45, 2.75) is 19.9 Å². The molecule has 3 heterocycles. The van der Waals surface area contributed by atoms with Gasteiger partial charge >= 0.3 is 0 Å². The molecule has 3 aromatic rings. The normalized spacial score (nSPS) is 10.8. The lowest BCUT2D eigenvalue weighted by molar-refractivity contribution is 0.0949. The van der Waals surface area contributed by atoms with Gasteiger partial charge in [0.05, 0.1) is 11.3 Å². The molecule has 1 amide bonds. The predicted molar refractivity (Wildman–Crippen MR) is 72.1 cm³/mol. The van der Waals surface area contributed by atoms with Crippen molar-refractivity contribution < 1.29 is 4.79 Å². The Hall–Kier alpha value is -2.70. The Morgan fingerprint density at radius 2 is 2.35 bits per heavy atom. The summed E-state index contributed by atoms with van der Waals surface area (Å²) < 4.78 is 1.60. The molecule has 0 spiro atoms. The highest BCUT2D eigenvalue weighted by Crippen LogP contribution is 2.10. The summed E-state index contributed by atoms with van der Waals surface area (Å²) in [7, 11) is 0. The van der Waals surface area contributed by atoms with Crippen molar-refractivity contribution in [2.24, 2.45) is 0 Å². The van der Waals surface area contributed by atoms with E-state index in [0.29, 0.717) is 24.3 Å². The number of hydrogen-bond acceptors (Lipinski definition) is 4. The number of aromatic amines is 1. The maximum Gasteiger partial charge on any atom is 0.254 e. The average Bonchev–Trinajstić information content (AvgIpc) is 3.14. The first-order valence-electron chi connectivity index (χ1n) is 6.37. The van der Waals surface area contributed by atoms with Crippen LogP contribution < -0.4 is 5.32 Å². The molecule has 20 heavy (non-hydrogen) atoms. The van der Waals surface area contributed by atoms with Crippen LogP contribution >= 0.6 is 0 Å². The SMILES string of the molecule is CCc1c(C(=O)NCc2cc[nH]c2)cnc2ncnn12. The van der Waals surface area contributed by atoms with Crippen LogP contribution in [0.5, 0.6) is 0 Å². The molecule has 0 unspecified atom stereocenters. The van der Waals surface area contributed by atoms with Crippen LogP contribution in [0.25, 0.3) is 5.78 Å². The largest absolute Gasteiger partial charge is 0.367 e. The van der Waals surface area contributed by atoms with Crippen molar-refractivity contribution >= 4 is 11.7 Å². The van der Waals surface area contributed by atoms with Crippen LogP contribution in [0.1, 0.15) is 28.5 Å². The molecule has 0 radical (unpaired) electrons. The van der Waals surface area contributed by atoms with E-state index in [-0.39, 0.29) is 5.91 Å². The number of rotatable bonds is 4. The highest BCUT2D eigenvalue weighted by atomic mass is 16.1. The van der Waals surface area contributed by atoms with Crippen LogP contribution in [0.2, 0.25) is 0 Å². The van der Waals surface area contributed by atoms with E-state index in [2.05, 4.69) is 25.4 Å². The van der Waals surface area contributed by atoms with Crippen LogP contribution in [-0.4, -0.2) is 30.5 Å². The van der Waals surface area contributed by atoms with Crippen molar-refractivity contribution in [1.29, 1.82) is 0 Å². The molecule has 2 N–H and O–H groups in total. The Morgan fingerprint density at radius 3 is 3.10 bits per heavy atom. The van der Waals surface area contributed by atoms with Gasteiger partial charge in [0.25, 0.3) is 11.7 Å². The first-order chi connectivity index (χ1) is 9.79. The van der Waals surface area contributed by atoms with Crippen LogP contribution in [0, 0.1) is 0 Å². The molecule has 0 bridgehead atoms. The van der Waals surface area contributed by atoms with E-state index in [9.17, 15) is 4.79 Å². The smallest absolute Gasteiger partial charge is 0.254 e. The second-order valence-electron chi connectivity index (χ2n) is 4.35. The van der Waals surface area contributed by atoms with Crippen molar-refractivity contribution in [3.8, 4) is 0 Å². The minimum absolute atomic E-state index is 0.159. The summed E-state index contributed by atoms with van der Waals surface area (Å²) >= 11 is 0. The molecule has 3 rings (SSSR count). The lowest BCUT2D eigenvalue weighted by atomic mass is 10.1. The quantitative estimate of drug-likeness (QED) is 0.738. The number of aryl methyl sites for hydroxylation is 1. The second kappa shape index (κ2) is 5.12. The molecule has 0 fully saturated rings. The van der Waals surface area contributed by atoms with Crippen molar-refractivity contribution in [3.05, 3.63) is 47.8 Å². The molecule has 0 saturated carbocycles. The van der Waals surface area contributed by atoms with Crippen molar-refractivity contribution in [3.63, 3.8) is 0 Å². The van der Waals surface area contributed by atoms with E-state index in [4.69, 9.17) is 0 Å². The molecule has 102 valence electrons. The zero-order valence-corrected chi connectivity index (χ0v) is 11.0. The summed E-state index contributed by atoms with van der Waals surface area (Å²) in [6, 6.07) is 1.92. The minimum Gasteiger partial charge on any atom is -0.367 e. The molecule has 7 heteroatoms. The summed E-state index contributed by atoms with van der Waals surface area (Å²) in [6.45, 7) is 2.44. The van der Waals surface area contributed by atoms with Gasteiger partial charge in [-0.15, -0.1) is 0 Å². The number of nitrogens with zero attached hydrogens (tertiary/aromatic N) is 4. The zero-order chi connectivity index (χ0) is 13.9. The van der Waals surface area contributed by atoms with Crippen molar-refractivity contribution in [1.82, 2.24) is 29.9 Å². The average molecular weight is 270 g/mol. The lowest BCUT2D eigenvalue weighted by Crippen LogP contribution is -2.25. The van der Waals surface area contributed by atoms with E-state index in [1.807, 2.05) is 25.4 Å². The number of nitrogens with one attached hydrogen (secondary N) is 2. The maximum absolute atomic E-state index is 12.3. The second-order valence-corrected chi connectivity index (χ2v) is 4.35. The van der Waals surface area contributed by atoms with Gasteiger partial charge in [-0.1, -0.05) is 6.92 Å². The summed E-state index contributed by atoms with van der Waals surface area (Å²) in [5.41, 5.74) is 2.35. The highest BCUT2D eigenvalue weighted by Gasteiger charge is 2.15. The number of carbonyl (C=O) groups excluding carboxylic acids is 1. The van der Waals surface area contributed by atoms with Crippen LogP contribution in [0.3, 0.4) is 0 Å². The molecule has 0 aliphatic rings. The minimum atomic E-state index is -0.159. The van der Waals surface area contributed by atoms with Crippen LogP contribution in [0.15, 0.2) is 31.0 Å². The van der Waals surface area contributed by atoms with E-state index in [1.165, 1.54) is 6.33 Å². The van der Waals surface area contributed by atoms with Gasteiger partial charge in [0.1, 0.15) is 6.33 Å². The summed E-state index contributed by atoms with van der Waals surface area (Å²) in [6.07, 6.45) is 7.33. The molecular formula is C13H14N6O. The Kier molecular flexibility index (Phi) is 3.16. The molecule has 0 aliphatic heterocycles. The number of fused-ring (bicyclic) bond motifs is 1. The summed E-state index contributed by atoms with van der Waals surface area (Å²) in [5, 5.41) is 6.97. The molecule has 0 aliphatic carbocycles. The van der Waals surface area contributed by atoms with E-state index in [1.54, 1.807) is 10.7 Å². The lowest BCUT2D eigenvalue weighted by Gasteiger charge is -2.09. The Balaban J connectivity index is 1.86. The van der Waals surface area contributed by atoms with Gasteiger partial charge in [-0.25, -0.2) is 9.50 Å². The first kappa shape index (κ1) is 12.3. The molecule has 7 nitrogen and oxygen atoms in total. The number of hydrogen-bond donors (Lipinski definition) is 2. The van der Waals surface area contributed by atoms with Gasteiger partial charge in [-0.05, 0) is 18.1 Å². The Labute approximate surface area is 115 Å². The summed E-state index contributed by atoms with van der Waals surface area (Å²) in [4.78, 5) is 23.4. The van der Waals surface area contributed by atoms with Crippen LogP contribution in [-0.2, 0) is 13.0 Å². The van der Waals surface area contributed by atoms with E-state index in [0.717, 1.165) is 11.3 Å². The fourth-order valence-electron chi connectivity index (χ4n) is 2.10. The van der Waals surface area contributed by atoms with E-state index < -0.39 is 0 Å². The predicted octanol–water partition coefficient (Wildman–Crippen LogP) is 0.945. The van der Waals surface area contributed by atoms with Crippen LogP contribution in [0.4, 0.5) is 0 Å². The Bertz CT molecular complexity index is 730. The van der Waals surface area contributed by atoms with E-state index >= 15 is 0 Å². The third kappa shape index (κ3) is 2.13. The highest BCUT2D eigenvalue weighted by molar-refractivity contribution is 5.95. The van der Waals surface area contributed by atoms with Gasteiger partial charge in [0.15, 0.2) is 0 Å². The third-order valence-electron chi connectivity index (χ3n) is 3.10. The summed E-state index contributed by atoms with van der Waals surface area (Å²) in [5.74, 6) is 0.344. The fourth-order valence-corrected chi connectivity index (χ4v) is 2.10. The first-order valence-corrected chi connectivity index (χ1v) is 6.37. The standard InChI is InChI=1S/C13H14N6O/c1-2-11-10(7-16-13-17-8-18-19(11)13)12(20)15-6-9-3-4-14-5-9/h3-5,7-8,14H,2,6H2,1H3,(H,15,20). The molecular weight excluding hydrogens is 256 g/mol. The maximum atomic E-state index is 12.3. The molecule has 0 aromatic carbocycles. The van der Waals surface area contributed by atoms with Gasteiger partial charge in [-0.3, -0.25) is 4.79 Å². The molecule has 0 saturated heterocycles. The zero-order valence-electron chi connectivity index (χ0n) is 11.0. The van der Waals surface area contributed by atoms with Gasteiger partial charge in [0.2, 0.25) is 0 Å². The monoisotopic (exact) mass is 270 g/mol. The van der Waals surface area contributed by atoms with Gasteiger partial charge in [-0.2, -0.15) is 10.1 Å². The number of carbonyl (C=O) groups is 1. The van der Waals surface area contributed by atoms with Gasteiger partial charge in [0, 0.05) is 25.1 Å². The van der Waals surface area contributed by atoms with Gasteiger partial charge < -0.3 is 10.3 Å². The Morgan fingerprint density at radius 1 is 1.45 bits per heavy atom.